The molecule has 0 fully saturated rings. The minimum Gasteiger partial charge on any atom is -0.461 e. The quantitative estimate of drug-likeness (QED) is 0.0579. The van der Waals surface area contributed by atoms with E-state index in [2.05, 4.69) is 55.1 Å². The molecule has 1 aliphatic carbocycles. The second-order valence-electron chi connectivity index (χ2n) is 17.0. The van der Waals surface area contributed by atoms with Crippen molar-refractivity contribution in [1.82, 2.24) is 19.6 Å². The van der Waals surface area contributed by atoms with Crippen LogP contribution in [0.15, 0.2) is 97.3 Å². The highest BCUT2D eigenvalue weighted by Crippen LogP contribution is 2.44. The molecule has 2 heterocycles. The number of anilines is 1. The van der Waals surface area contributed by atoms with Crippen molar-refractivity contribution in [1.29, 1.82) is 0 Å². The van der Waals surface area contributed by atoms with E-state index in [9.17, 15) is 19.2 Å². The summed E-state index contributed by atoms with van der Waals surface area (Å²) in [6.07, 6.45) is 9.91. The number of nitrogens with zero attached hydrogens (tertiary/aromatic N) is 4. The molecule has 11 heteroatoms. The number of aryl methyl sites for hydroxylation is 2. The molecule has 6 rings (SSSR count). The average Bonchev–Trinajstić information content (AvgIpc) is 3.88. The SMILES string of the molecule is CCC(CC)N(CCN(C)C(=O)CCC(=O)OCc1ccccc1)Cc1cccc(C(=O)Nc2sc3c(c2C(=O)c2cnn(CCCc4ccccc4)c2)CCC(C)(C)C3)c1. The normalized spacial score (nSPS) is 13.2. The summed E-state index contributed by atoms with van der Waals surface area (Å²) in [4.78, 5) is 59.0. The number of hydrogen-bond acceptors (Lipinski definition) is 8. The molecule has 10 nitrogen and oxygen atoms in total. The van der Waals surface area contributed by atoms with Crippen LogP contribution < -0.4 is 5.32 Å². The van der Waals surface area contributed by atoms with Gasteiger partial charge in [0.05, 0.1) is 23.7 Å². The standard InChI is InChI=1S/C50H61N5O5S/c1-6-41(7-2)54(29-28-53(5)44(56)23-24-45(57)60-35-37-18-12-9-13-19-37)33-38-20-14-22-39(30-38)48(59)52-49-46(42-25-26-50(3,4)31-43(42)61-49)47(58)40-32-51-55(34-40)27-15-21-36-16-10-8-11-17-36/h8-14,16-20,22,30,32,34,41H,6-7,15,21,23-29,31,33,35H2,1-5H3,(H,52,59). The maximum atomic E-state index is 14.3. The van der Waals surface area contributed by atoms with Crippen molar-refractivity contribution in [3.8, 4) is 0 Å². The van der Waals surface area contributed by atoms with Crippen molar-refractivity contribution in [2.24, 2.45) is 5.41 Å². The molecular weight excluding hydrogens is 783 g/mol. The number of likely N-dealkylation sites (N-methyl/N-ethyl adjacent to an activating group) is 1. The topological polar surface area (TPSA) is 114 Å². The number of aromatic nitrogens is 2. The largest absolute Gasteiger partial charge is 0.461 e. The van der Waals surface area contributed by atoms with Gasteiger partial charge in [-0.15, -0.1) is 11.3 Å². The van der Waals surface area contributed by atoms with Crippen LogP contribution in [0.25, 0.3) is 0 Å². The lowest BCUT2D eigenvalue weighted by molar-refractivity contribution is -0.147. The molecular formula is C50H61N5O5S. The Hall–Kier alpha value is -5.39. The molecule has 0 radical (unpaired) electrons. The van der Waals surface area contributed by atoms with Crippen molar-refractivity contribution in [3.05, 3.63) is 141 Å². The third-order valence-corrected chi connectivity index (χ3v) is 12.9. The van der Waals surface area contributed by atoms with Crippen molar-refractivity contribution >= 4 is 39.9 Å². The first-order valence-electron chi connectivity index (χ1n) is 21.8. The van der Waals surface area contributed by atoms with Gasteiger partial charge in [-0.3, -0.25) is 28.8 Å². The molecule has 0 atom stereocenters. The lowest BCUT2D eigenvalue weighted by Crippen LogP contribution is -2.41. The number of ether oxygens (including phenoxy) is 1. The Balaban J connectivity index is 1.10. The van der Waals surface area contributed by atoms with E-state index in [1.165, 1.54) is 16.9 Å². The number of esters is 1. The molecule has 5 aromatic rings. The second-order valence-corrected chi connectivity index (χ2v) is 18.1. The van der Waals surface area contributed by atoms with Crippen molar-refractivity contribution in [2.75, 3.05) is 25.5 Å². The molecule has 0 aliphatic heterocycles. The summed E-state index contributed by atoms with van der Waals surface area (Å²) in [5.74, 6) is -0.865. The molecule has 0 saturated carbocycles. The first-order chi connectivity index (χ1) is 29.4. The van der Waals surface area contributed by atoms with Gasteiger partial charge in [-0.2, -0.15) is 5.10 Å². The van der Waals surface area contributed by atoms with Gasteiger partial charge in [0.25, 0.3) is 5.91 Å². The Kier molecular flexibility index (Phi) is 15.8. The van der Waals surface area contributed by atoms with Gasteiger partial charge in [0.2, 0.25) is 5.91 Å². The maximum Gasteiger partial charge on any atom is 0.306 e. The van der Waals surface area contributed by atoms with Gasteiger partial charge in [0.1, 0.15) is 11.6 Å². The minimum atomic E-state index is -0.392. The lowest BCUT2D eigenvalue weighted by Gasteiger charge is -2.32. The highest BCUT2D eigenvalue weighted by Gasteiger charge is 2.34. The smallest absolute Gasteiger partial charge is 0.306 e. The summed E-state index contributed by atoms with van der Waals surface area (Å²) in [5.41, 5.74) is 5.95. The van der Waals surface area contributed by atoms with Gasteiger partial charge in [0, 0.05) is 62.3 Å². The fourth-order valence-electron chi connectivity index (χ4n) is 8.10. The molecule has 3 aromatic carbocycles. The monoisotopic (exact) mass is 843 g/mol. The van der Waals surface area contributed by atoms with Crippen LogP contribution in [0, 0.1) is 5.41 Å². The molecule has 2 aromatic heterocycles. The number of thiophene rings is 1. The van der Waals surface area contributed by atoms with E-state index in [1.807, 2.05) is 83.7 Å². The van der Waals surface area contributed by atoms with Crippen molar-refractivity contribution < 1.29 is 23.9 Å². The van der Waals surface area contributed by atoms with E-state index in [4.69, 9.17) is 4.74 Å². The first kappa shape index (κ1) is 45.1. The summed E-state index contributed by atoms with van der Waals surface area (Å²) in [6.45, 7) is 11.5. The molecule has 1 aliphatic rings. The number of carbonyl (C=O) groups is 4. The average molecular weight is 844 g/mol. The number of nitrogens with one attached hydrogen (secondary N) is 1. The van der Waals surface area contributed by atoms with E-state index in [-0.39, 0.29) is 48.5 Å². The Morgan fingerprint density at radius 2 is 1.59 bits per heavy atom. The van der Waals surface area contributed by atoms with Crippen LogP contribution >= 0.6 is 11.3 Å². The van der Waals surface area contributed by atoms with Gasteiger partial charge < -0.3 is 15.0 Å². The van der Waals surface area contributed by atoms with Gasteiger partial charge in [-0.05, 0) is 84.7 Å². The molecule has 2 amide bonds. The van der Waals surface area contributed by atoms with E-state index in [1.54, 1.807) is 18.1 Å². The second kappa shape index (κ2) is 21.4. The summed E-state index contributed by atoms with van der Waals surface area (Å²) in [7, 11) is 1.77. The van der Waals surface area contributed by atoms with Gasteiger partial charge in [-0.1, -0.05) is 100 Å². The van der Waals surface area contributed by atoms with Gasteiger partial charge >= 0.3 is 5.97 Å². The summed E-state index contributed by atoms with van der Waals surface area (Å²) in [6, 6.07) is 27.8. The van der Waals surface area contributed by atoms with Crippen LogP contribution in [0.5, 0.6) is 0 Å². The van der Waals surface area contributed by atoms with Gasteiger partial charge in [0.15, 0.2) is 5.78 Å². The van der Waals surface area contributed by atoms with Crippen LogP contribution in [0.2, 0.25) is 0 Å². The maximum absolute atomic E-state index is 14.3. The molecule has 0 spiro atoms. The van der Waals surface area contributed by atoms with Crippen LogP contribution in [0.4, 0.5) is 5.00 Å². The third kappa shape index (κ3) is 12.6. The predicted molar refractivity (Wildman–Crippen MR) is 243 cm³/mol. The highest BCUT2D eigenvalue weighted by atomic mass is 32.1. The highest BCUT2D eigenvalue weighted by molar-refractivity contribution is 7.17. The van der Waals surface area contributed by atoms with E-state index >= 15 is 0 Å². The van der Waals surface area contributed by atoms with Crippen LogP contribution in [-0.4, -0.2) is 69.3 Å². The van der Waals surface area contributed by atoms with Crippen molar-refractivity contribution in [3.63, 3.8) is 0 Å². The Labute approximate surface area is 365 Å². The first-order valence-corrected chi connectivity index (χ1v) is 22.6. The molecule has 0 bridgehead atoms. The van der Waals surface area contributed by atoms with E-state index < -0.39 is 5.97 Å². The minimum absolute atomic E-state index is 0.0309. The molecule has 0 unspecified atom stereocenters. The van der Waals surface area contributed by atoms with Crippen LogP contribution in [-0.2, 0) is 53.3 Å². The Bertz CT molecular complexity index is 2240. The number of benzene rings is 3. The molecule has 322 valence electrons. The third-order valence-electron chi connectivity index (χ3n) is 11.8. The number of fused-ring (bicyclic) bond motifs is 1. The summed E-state index contributed by atoms with van der Waals surface area (Å²) < 4.78 is 7.21. The zero-order valence-corrected chi connectivity index (χ0v) is 37.3. The fourth-order valence-corrected chi connectivity index (χ4v) is 9.60. The number of hydrogen-bond donors (Lipinski definition) is 1. The molecule has 0 saturated heterocycles. The zero-order valence-electron chi connectivity index (χ0n) is 36.5. The van der Waals surface area contributed by atoms with Crippen LogP contribution in [0.3, 0.4) is 0 Å². The lowest BCUT2D eigenvalue weighted by atomic mass is 9.76. The van der Waals surface area contributed by atoms with Gasteiger partial charge in [-0.25, -0.2) is 0 Å². The zero-order chi connectivity index (χ0) is 43.4. The molecule has 1 N–H and O–H groups in total. The number of ketones is 1. The Morgan fingerprint density at radius 3 is 2.31 bits per heavy atom. The van der Waals surface area contributed by atoms with E-state index in [0.29, 0.717) is 47.9 Å². The fraction of sp³-hybridized carbons (Fsp3) is 0.420. The number of carbonyl (C=O) groups excluding carboxylic acids is 4. The molecule has 61 heavy (non-hydrogen) atoms. The van der Waals surface area contributed by atoms with Crippen LogP contribution in [0.1, 0.15) is 120 Å². The summed E-state index contributed by atoms with van der Waals surface area (Å²) >= 11 is 1.53. The number of amides is 2. The Morgan fingerprint density at radius 1 is 0.885 bits per heavy atom. The van der Waals surface area contributed by atoms with Crippen molar-refractivity contribution in [2.45, 2.75) is 111 Å². The predicted octanol–water partition coefficient (Wildman–Crippen LogP) is 9.55. The number of rotatable bonds is 21. The summed E-state index contributed by atoms with van der Waals surface area (Å²) in [5, 5.41) is 8.31. The van der Waals surface area contributed by atoms with E-state index in [0.717, 1.165) is 66.5 Å².